The van der Waals surface area contributed by atoms with Crippen molar-refractivity contribution < 1.29 is 28.6 Å². The molecule has 4 aromatic rings. The zero-order chi connectivity index (χ0) is 33.7. The molecule has 10 heteroatoms. The van der Waals surface area contributed by atoms with Crippen LogP contribution in [0.15, 0.2) is 54.6 Å². The number of benzene rings is 4. The van der Waals surface area contributed by atoms with Gasteiger partial charge >= 0.3 is 0 Å². The SMILES string of the molecule is COc1cc([N+](=O)[O-])c2cc1Oc1ccc(cc1)C[C@H]1c3cc(c(C)cc3CCN1C)Oc1c(OC)c(OC)cc3c1[C@H](C2)N(C)CC3. The fourth-order valence-corrected chi connectivity index (χ4v) is 7.51. The molecule has 4 heterocycles. The summed E-state index contributed by atoms with van der Waals surface area (Å²) in [5.41, 5.74) is 7.24. The number of aryl methyl sites for hydroxylation is 1. The van der Waals surface area contributed by atoms with Crippen LogP contribution in [-0.4, -0.2) is 63.2 Å². The van der Waals surface area contributed by atoms with E-state index in [4.69, 9.17) is 23.7 Å². The predicted molar refractivity (Wildman–Crippen MR) is 183 cm³/mol. The van der Waals surface area contributed by atoms with E-state index >= 15 is 0 Å². The summed E-state index contributed by atoms with van der Waals surface area (Å²) in [6.45, 7) is 3.79. The van der Waals surface area contributed by atoms with Crippen molar-refractivity contribution in [1.29, 1.82) is 0 Å². The van der Waals surface area contributed by atoms with Gasteiger partial charge in [-0.3, -0.25) is 19.9 Å². The summed E-state index contributed by atoms with van der Waals surface area (Å²) >= 11 is 0. The Morgan fingerprint density at radius 1 is 0.771 bits per heavy atom. The molecule has 4 aliphatic heterocycles. The molecule has 0 saturated heterocycles. The smallest absolute Gasteiger partial charge is 0.276 e. The van der Waals surface area contributed by atoms with E-state index in [0.717, 1.165) is 54.8 Å². The molecular weight excluding hydrogens is 610 g/mol. The van der Waals surface area contributed by atoms with Gasteiger partial charge in [0.25, 0.3) is 5.69 Å². The van der Waals surface area contributed by atoms with Crippen LogP contribution in [0.25, 0.3) is 0 Å². The number of hydrogen-bond donors (Lipinski definition) is 0. The third-order valence-corrected chi connectivity index (χ3v) is 10.2. The van der Waals surface area contributed by atoms with Gasteiger partial charge in [0.2, 0.25) is 5.75 Å². The van der Waals surface area contributed by atoms with Crippen LogP contribution >= 0.6 is 0 Å². The summed E-state index contributed by atoms with van der Waals surface area (Å²) in [4.78, 5) is 16.7. The molecule has 4 aliphatic rings. The van der Waals surface area contributed by atoms with Gasteiger partial charge in [0.1, 0.15) is 11.5 Å². The average Bonchev–Trinajstić information content (AvgIpc) is 3.08. The summed E-state index contributed by atoms with van der Waals surface area (Å²) in [7, 11) is 8.96. The van der Waals surface area contributed by atoms with Crippen LogP contribution in [0, 0.1) is 17.0 Å². The van der Waals surface area contributed by atoms with Gasteiger partial charge in [-0.25, -0.2) is 0 Å². The zero-order valence-electron chi connectivity index (χ0n) is 28.3. The van der Waals surface area contributed by atoms with Crippen molar-refractivity contribution in [3.8, 4) is 40.2 Å². The molecule has 0 spiro atoms. The number of hydrogen-bond acceptors (Lipinski definition) is 9. The van der Waals surface area contributed by atoms with Crippen molar-refractivity contribution in [2.45, 2.75) is 44.7 Å². The van der Waals surface area contributed by atoms with E-state index in [2.05, 4.69) is 48.0 Å². The fraction of sp³-hybridized carbons (Fsp3) is 0.368. The quantitative estimate of drug-likeness (QED) is 0.166. The van der Waals surface area contributed by atoms with Crippen LogP contribution in [-0.2, 0) is 25.7 Å². The van der Waals surface area contributed by atoms with Gasteiger partial charge in [-0.15, -0.1) is 0 Å². The van der Waals surface area contributed by atoms with Gasteiger partial charge in [0.15, 0.2) is 23.0 Å². The molecule has 0 amide bonds. The highest BCUT2D eigenvalue weighted by Gasteiger charge is 2.36. The van der Waals surface area contributed by atoms with E-state index in [0.29, 0.717) is 46.5 Å². The Bertz CT molecular complexity index is 1890. The lowest BCUT2D eigenvalue weighted by Crippen LogP contribution is -2.34. The first-order valence-corrected chi connectivity index (χ1v) is 16.3. The van der Waals surface area contributed by atoms with Gasteiger partial charge in [-0.1, -0.05) is 18.2 Å². The molecule has 0 aromatic heterocycles. The van der Waals surface area contributed by atoms with E-state index in [1.165, 1.54) is 29.9 Å². The number of ether oxygens (including phenoxy) is 5. The maximum Gasteiger partial charge on any atom is 0.276 e. The van der Waals surface area contributed by atoms with Gasteiger partial charge in [0.05, 0.1) is 32.3 Å². The van der Waals surface area contributed by atoms with Crippen molar-refractivity contribution in [3.05, 3.63) is 104 Å². The summed E-state index contributed by atoms with van der Waals surface area (Å²) < 4.78 is 30.8. The first-order chi connectivity index (χ1) is 23.2. The van der Waals surface area contributed by atoms with Crippen LogP contribution < -0.4 is 23.7 Å². The van der Waals surface area contributed by atoms with E-state index in [9.17, 15) is 10.1 Å². The Hall–Kier alpha value is -4.80. The first-order valence-electron chi connectivity index (χ1n) is 16.3. The molecule has 6 bridgehead atoms. The number of nitro groups is 1. The van der Waals surface area contributed by atoms with E-state index in [1.807, 2.05) is 25.2 Å². The molecule has 0 N–H and O–H groups in total. The second kappa shape index (κ2) is 12.7. The van der Waals surface area contributed by atoms with Crippen molar-refractivity contribution in [3.63, 3.8) is 0 Å². The number of methoxy groups -OCH3 is 3. The average molecular weight is 652 g/mol. The van der Waals surface area contributed by atoms with Gasteiger partial charge in [0, 0.05) is 36.3 Å². The van der Waals surface area contributed by atoms with Crippen molar-refractivity contribution in [1.82, 2.24) is 9.80 Å². The van der Waals surface area contributed by atoms with Crippen LogP contribution in [0.2, 0.25) is 0 Å². The second-order valence-corrected chi connectivity index (χ2v) is 13.0. The van der Waals surface area contributed by atoms with Gasteiger partial charge in [-0.2, -0.15) is 0 Å². The van der Waals surface area contributed by atoms with Crippen LogP contribution in [0.4, 0.5) is 5.69 Å². The minimum Gasteiger partial charge on any atom is -0.493 e. The lowest BCUT2D eigenvalue weighted by atomic mass is 9.86. The lowest BCUT2D eigenvalue weighted by molar-refractivity contribution is -0.385. The minimum atomic E-state index is -0.359. The monoisotopic (exact) mass is 651 g/mol. The van der Waals surface area contributed by atoms with E-state index < -0.39 is 0 Å². The van der Waals surface area contributed by atoms with E-state index in [1.54, 1.807) is 20.3 Å². The lowest BCUT2D eigenvalue weighted by Gasteiger charge is -2.37. The summed E-state index contributed by atoms with van der Waals surface area (Å²) in [5, 5.41) is 12.5. The highest BCUT2D eigenvalue weighted by Crippen LogP contribution is 2.51. The molecule has 0 aliphatic carbocycles. The molecule has 2 atom stereocenters. The number of fused-ring (bicyclic) bond motifs is 2. The molecule has 0 fully saturated rings. The molecule has 48 heavy (non-hydrogen) atoms. The summed E-state index contributed by atoms with van der Waals surface area (Å²) in [5.74, 6) is 3.72. The molecule has 0 unspecified atom stereocenters. The molecule has 0 radical (unpaired) electrons. The second-order valence-electron chi connectivity index (χ2n) is 13.0. The zero-order valence-corrected chi connectivity index (χ0v) is 28.3. The predicted octanol–water partition coefficient (Wildman–Crippen LogP) is 7.37. The van der Waals surface area contributed by atoms with Crippen molar-refractivity contribution in [2.24, 2.45) is 0 Å². The van der Waals surface area contributed by atoms with Gasteiger partial charge < -0.3 is 23.7 Å². The molecule has 250 valence electrons. The topological polar surface area (TPSA) is 95.8 Å². The molecule has 4 aromatic carbocycles. The Labute approximate surface area is 280 Å². The van der Waals surface area contributed by atoms with Crippen molar-refractivity contribution >= 4 is 5.69 Å². The maximum atomic E-state index is 12.5. The third-order valence-electron chi connectivity index (χ3n) is 10.2. The molecule has 0 saturated carbocycles. The van der Waals surface area contributed by atoms with E-state index in [-0.39, 0.29) is 22.7 Å². The summed E-state index contributed by atoms with van der Waals surface area (Å²) in [6, 6.07) is 17.6. The standard InChI is InChI=1S/C38H41N3O7/c1-22-15-24-11-13-39(2)30-16-23-7-9-27(10-8-23)47-34-19-26(29(41(42)43)21-33(34)44-4)17-31-36-25(12-14-40(31)3)18-35(45-5)37(46-6)38(36)48-32(22)20-28(24)30/h7-10,15,18-21,30-31H,11-14,16-17H2,1-6H3/t30-,31-/m0/s1. The highest BCUT2D eigenvalue weighted by molar-refractivity contribution is 5.64. The fourth-order valence-electron chi connectivity index (χ4n) is 7.51. The Morgan fingerprint density at radius 3 is 2.17 bits per heavy atom. The Balaban J connectivity index is 1.49. The maximum absolute atomic E-state index is 12.5. The minimum absolute atomic E-state index is 0.0342. The number of nitro benzene ring substituents is 1. The molecule has 8 rings (SSSR count). The van der Waals surface area contributed by atoms with Gasteiger partial charge in [-0.05, 0) is 105 Å². The number of rotatable bonds is 4. The largest absolute Gasteiger partial charge is 0.493 e. The number of likely N-dealkylation sites (N-methyl/N-ethyl adjacent to an activating group) is 2. The Kier molecular flexibility index (Phi) is 8.39. The molecule has 10 nitrogen and oxygen atoms in total. The molecular formula is C38H41N3O7. The van der Waals surface area contributed by atoms with Crippen molar-refractivity contribution in [2.75, 3.05) is 48.5 Å². The Morgan fingerprint density at radius 2 is 1.48 bits per heavy atom. The third kappa shape index (κ3) is 5.58. The highest BCUT2D eigenvalue weighted by atomic mass is 16.6. The number of nitrogens with zero attached hydrogens (tertiary/aromatic N) is 3. The van der Waals surface area contributed by atoms with Crippen LogP contribution in [0.3, 0.4) is 0 Å². The first kappa shape index (κ1) is 31.8. The van der Waals surface area contributed by atoms with Crippen LogP contribution in [0.5, 0.6) is 40.2 Å². The normalized spacial score (nSPS) is 18.9. The van der Waals surface area contributed by atoms with Crippen LogP contribution in [0.1, 0.15) is 51.0 Å². The summed E-state index contributed by atoms with van der Waals surface area (Å²) in [6.07, 6.45) is 2.84.